The van der Waals surface area contributed by atoms with Gasteiger partial charge in [-0.15, -0.1) is 0 Å². The second-order valence-corrected chi connectivity index (χ2v) is 4.04. The standard InChI is InChI=1S/C12H15NO/c1-13(2)11-8-7-9-5-3-4-6-10(9)12(11)14/h3-8,11-12,14H,1-2H3/p+1/t11-,12-/m1/s1. The first kappa shape index (κ1) is 9.44. The number of hydrogen-bond donors (Lipinski definition) is 2. The third-order valence-corrected chi connectivity index (χ3v) is 2.80. The molecule has 1 aromatic rings. The highest BCUT2D eigenvalue weighted by Gasteiger charge is 2.28. The van der Waals surface area contributed by atoms with Crippen molar-refractivity contribution in [2.24, 2.45) is 0 Å². The van der Waals surface area contributed by atoms with Gasteiger partial charge in [0.15, 0.2) is 0 Å². The van der Waals surface area contributed by atoms with Crippen molar-refractivity contribution >= 4 is 6.08 Å². The fourth-order valence-electron chi connectivity index (χ4n) is 1.95. The Balaban J connectivity index is 2.40. The van der Waals surface area contributed by atoms with Crippen LogP contribution in [0.5, 0.6) is 0 Å². The van der Waals surface area contributed by atoms with Gasteiger partial charge >= 0.3 is 0 Å². The van der Waals surface area contributed by atoms with Crippen molar-refractivity contribution in [1.82, 2.24) is 0 Å². The summed E-state index contributed by atoms with van der Waals surface area (Å²) in [6.45, 7) is 0. The highest BCUT2D eigenvalue weighted by atomic mass is 16.3. The molecule has 2 rings (SSSR count). The van der Waals surface area contributed by atoms with Crippen LogP contribution in [0.2, 0.25) is 0 Å². The largest absolute Gasteiger partial charge is 0.382 e. The van der Waals surface area contributed by atoms with Gasteiger partial charge in [-0.3, -0.25) is 0 Å². The molecule has 0 heterocycles. The number of likely N-dealkylation sites (N-methyl/N-ethyl adjacent to an activating group) is 1. The molecule has 1 aromatic carbocycles. The van der Waals surface area contributed by atoms with E-state index in [4.69, 9.17) is 0 Å². The van der Waals surface area contributed by atoms with E-state index < -0.39 is 0 Å². The van der Waals surface area contributed by atoms with Crippen molar-refractivity contribution in [2.75, 3.05) is 14.1 Å². The summed E-state index contributed by atoms with van der Waals surface area (Å²) in [5, 5.41) is 10.1. The lowest BCUT2D eigenvalue weighted by molar-refractivity contribution is -0.883. The second-order valence-electron chi connectivity index (χ2n) is 4.04. The average molecular weight is 190 g/mol. The van der Waals surface area contributed by atoms with Gasteiger partial charge in [0.2, 0.25) is 0 Å². The van der Waals surface area contributed by atoms with Gasteiger partial charge in [-0.05, 0) is 17.2 Å². The number of benzene rings is 1. The zero-order chi connectivity index (χ0) is 10.1. The van der Waals surface area contributed by atoms with Crippen molar-refractivity contribution in [2.45, 2.75) is 12.1 Å². The minimum atomic E-state index is -0.374. The Morgan fingerprint density at radius 2 is 1.93 bits per heavy atom. The monoisotopic (exact) mass is 190 g/mol. The third kappa shape index (κ3) is 1.47. The maximum absolute atomic E-state index is 10.1. The molecule has 0 aromatic heterocycles. The quantitative estimate of drug-likeness (QED) is 0.652. The third-order valence-electron chi connectivity index (χ3n) is 2.80. The van der Waals surface area contributed by atoms with Crippen LogP contribution in [0, 0.1) is 0 Å². The lowest BCUT2D eigenvalue weighted by Gasteiger charge is -2.27. The lowest BCUT2D eigenvalue weighted by Crippen LogP contribution is -3.10. The summed E-state index contributed by atoms with van der Waals surface area (Å²) in [6.07, 6.45) is 3.81. The van der Waals surface area contributed by atoms with E-state index in [9.17, 15) is 5.11 Å². The molecule has 1 aliphatic carbocycles. The van der Waals surface area contributed by atoms with Crippen LogP contribution in [-0.4, -0.2) is 25.2 Å². The number of fused-ring (bicyclic) bond motifs is 1. The van der Waals surface area contributed by atoms with Gasteiger partial charge in [-0.2, -0.15) is 0 Å². The van der Waals surface area contributed by atoms with E-state index in [0.717, 1.165) is 11.1 Å². The summed E-state index contributed by atoms with van der Waals surface area (Å²) in [4.78, 5) is 1.25. The van der Waals surface area contributed by atoms with Crippen molar-refractivity contribution in [3.05, 3.63) is 41.5 Å². The van der Waals surface area contributed by atoms with Crippen LogP contribution >= 0.6 is 0 Å². The fraction of sp³-hybridized carbons (Fsp3) is 0.333. The first-order chi connectivity index (χ1) is 6.70. The molecular weight excluding hydrogens is 174 g/mol. The zero-order valence-corrected chi connectivity index (χ0v) is 8.57. The van der Waals surface area contributed by atoms with Gasteiger partial charge in [0.1, 0.15) is 12.1 Å². The van der Waals surface area contributed by atoms with Gasteiger partial charge < -0.3 is 10.0 Å². The number of aliphatic hydroxyl groups excluding tert-OH is 1. The van der Waals surface area contributed by atoms with Gasteiger partial charge in [0.25, 0.3) is 0 Å². The molecule has 0 fully saturated rings. The molecule has 2 nitrogen and oxygen atoms in total. The van der Waals surface area contributed by atoms with Gasteiger partial charge in [0.05, 0.1) is 14.1 Å². The van der Waals surface area contributed by atoms with Crippen LogP contribution in [0.3, 0.4) is 0 Å². The predicted octanol–water partition coefficient (Wildman–Crippen LogP) is 0.260. The normalized spacial score (nSPS) is 25.1. The molecule has 0 saturated carbocycles. The SMILES string of the molecule is C[NH+](C)[C@@H]1C=Cc2ccccc2[C@H]1O. The molecule has 0 amide bonds. The van der Waals surface area contributed by atoms with E-state index in [1.165, 1.54) is 4.90 Å². The molecule has 0 unspecified atom stereocenters. The van der Waals surface area contributed by atoms with Crippen LogP contribution in [0.15, 0.2) is 30.3 Å². The molecule has 0 aliphatic heterocycles. The molecule has 0 radical (unpaired) electrons. The summed E-state index contributed by atoms with van der Waals surface area (Å²) >= 11 is 0. The Hall–Kier alpha value is -1.12. The topological polar surface area (TPSA) is 24.7 Å². The average Bonchev–Trinajstić information content (AvgIpc) is 2.18. The number of aliphatic hydroxyl groups is 1. The van der Waals surface area contributed by atoms with Crippen molar-refractivity contribution in [3.63, 3.8) is 0 Å². The minimum absolute atomic E-state index is 0.171. The fourth-order valence-corrected chi connectivity index (χ4v) is 1.95. The summed E-state index contributed by atoms with van der Waals surface area (Å²) < 4.78 is 0. The molecule has 2 atom stereocenters. The number of rotatable bonds is 1. The van der Waals surface area contributed by atoms with Gasteiger partial charge in [-0.1, -0.05) is 30.3 Å². The molecule has 74 valence electrons. The van der Waals surface area contributed by atoms with Gasteiger partial charge in [0, 0.05) is 0 Å². The predicted molar refractivity (Wildman–Crippen MR) is 57.0 cm³/mol. The van der Waals surface area contributed by atoms with Gasteiger partial charge in [-0.25, -0.2) is 0 Å². The van der Waals surface area contributed by atoms with Crippen LogP contribution < -0.4 is 4.90 Å². The zero-order valence-electron chi connectivity index (χ0n) is 8.57. The van der Waals surface area contributed by atoms with E-state index in [1.807, 2.05) is 24.3 Å². The van der Waals surface area contributed by atoms with Crippen molar-refractivity contribution < 1.29 is 10.0 Å². The maximum Gasteiger partial charge on any atom is 0.137 e. The van der Waals surface area contributed by atoms with Crippen LogP contribution in [0.25, 0.3) is 6.08 Å². The van der Waals surface area contributed by atoms with Crippen molar-refractivity contribution in [1.29, 1.82) is 0 Å². The summed E-state index contributed by atoms with van der Waals surface area (Å²) in [6, 6.07) is 8.18. The highest BCUT2D eigenvalue weighted by molar-refractivity contribution is 5.58. The number of nitrogens with one attached hydrogen (secondary N) is 1. The van der Waals surface area contributed by atoms with E-state index in [1.54, 1.807) is 0 Å². The highest BCUT2D eigenvalue weighted by Crippen LogP contribution is 2.26. The molecule has 0 spiro atoms. The smallest absolute Gasteiger partial charge is 0.137 e. The lowest BCUT2D eigenvalue weighted by atomic mass is 9.91. The first-order valence-electron chi connectivity index (χ1n) is 4.95. The molecule has 1 aliphatic rings. The van der Waals surface area contributed by atoms with E-state index >= 15 is 0 Å². The van der Waals surface area contributed by atoms with Crippen molar-refractivity contribution in [3.8, 4) is 0 Å². The van der Waals surface area contributed by atoms with Crippen LogP contribution in [0.4, 0.5) is 0 Å². The first-order valence-corrected chi connectivity index (χ1v) is 4.95. The minimum Gasteiger partial charge on any atom is -0.382 e. The Kier molecular flexibility index (Phi) is 2.40. The summed E-state index contributed by atoms with van der Waals surface area (Å²) in [5.74, 6) is 0. The Morgan fingerprint density at radius 3 is 2.64 bits per heavy atom. The number of quaternary nitrogens is 1. The molecule has 0 bridgehead atoms. The summed E-state index contributed by atoms with van der Waals surface area (Å²) in [7, 11) is 4.12. The Labute approximate surface area is 84.5 Å². The molecule has 2 heteroatoms. The molecule has 14 heavy (non-hydrogen) atoms. The molecule has 2 N–H and O–H groups in total. The molecule has 0 saturated heterocycles. The van der Waals surface area contributed by atoms with Crippen LogP contribution in [-0.2, 0) is 0 Å². The number of hydrogen-bond acceptors (Lipinski definition) is 1. The second kappa shape index (κ2) is 3.56. The Bertz CT molecular complexity index is 357. The Morgan fingerprint density at radius 1 is 1.21 bits per heavy atom. The maximum atomic E-state index is 10.1. The van der Waals surface area contributed by atoms with Crippen LogP contribution in [0.1, 0.15) is 17.2 Å². The van der Waals surface area contributed by atoms with E-state index in [0.29, 0.717) is 0 Å². The summed E-state index contributed by atoms with van der Waals surface area (Å²) in [5.41, 5.74) is 2.18. The molecular formula is C12H16NO+. The van der Waals surface area contributed by atoms with E-state index in [2.05, 4.69) is 26.2 Å². The van der Waals surface area contributed by atoms with E-state index in [-0.39, 0.29) is 12.1 Å².